The Morgan fingerprint density at radius 2 is 1.81 bits per heavy atom. The van der Waals surface area contributed by atoms with Gasteiger partial charge in [0, 0.05) is 26.2 Å². The van der Waals surface area contributed by atoms with Gasteiger partial charge >= 0.3 is 0 Å². The van der Waals surface area contributed by atoms with Crippen LogP contribution in [0.1, 0.15) is 23.5 Å². The Morgan fingerprint density at radius 1 is 1.14 bits per heavy atom. The van der Waals surface area contributed by atoms with E-state index in [2.05, 4.69) is 0 Å². The average molecular weight is 308 g/mol. The molecule has 0 radical (unpaired) electrons. The highest BCUT2D eigenvalue weighted by Crippen LogP contribution is 2.24. The number of ether oxygens (including phenoxy) is 1. The number of hydrogen-bond donors (Lipinski definition) is 0. The van der Waals surface area contributed by atoms with Crippen molar-refractivity contribution in [3.05, 3.63) is 22.4 Å². The van der Waals surface area contributed by atoms with Crippen molar-refractivity contribution in [2.45, 2.75) is 26.1 Å². The van der Waals surface area contributed by atoms with E-state index in [1.165, 1.54) is 11.3 Å². The number of rotatable bonds is 2. The molecule has 2 aliphatic heterocycles. The molecule has 3 rings (SSSR count). The number of likely N-dealkylation sites (tertiary alicyclic amines) is 1. The Bertz CT molecular complexity index is 515. The monoisotopic (exact) mass is 308 g/mol. The summed E-state index contributed by atoms with van der Waals surface area (Å²) in [4.78, 5) is 29.0. The van der Waals surface area contributed by atoms with Gasteiger partial charge in [-0.3, -0.25) is 9.59 Å². The van der Waals surface area contributed by atoms with Gasteiger partial charge in [0.2, 0.25) is 5.91 Å². The summed E-state index contributed by atoms with van der Waals surface area (Å²) in [6, 6.07) is 3.70. The van der Waals surface area contributed by atoms with E-state index in [4.69, 9.17) is 4.74 Å². The van der Waals surface area contributed by atoms with E-state index in [0.29, 0.717) is 26.2 Å². The van der Waals surface area contributed by atoms with Crippen molar-refractivity contribution in [3.63, 3.8) is 0 Å². The standard InChI is InChI=1S/C15H20N2O3S/c1-10-6-16(7-11(2)20-10)14(18)12-8-17(9-12)15(19)13-4-3-5-21-13/h3-5,10-12H,6-9H2,1-2H3. The Balaban J connectivity index is 1.54. The first-order chi connectivity index (χ1) is 10.0. The van der Waals surface area contributed by atoms with Gasteiger partial charge in [-0.05, 0) is 25.3 Å². The minimum atomic E-state index is -0.0496. The predicted molar refractivity (Wildman–Crippen MR) is 80.3 cm³/mol. The maximum Gasteiger partial charge on any atom is 0.263 e. The minimum absolute atomic E-state index is 0.0396. The van der Waals surface area contributed by atoms with Crippen LogP contribution < -0.4 is 0 Å². The molecule has 0 saturated carbocycles. The third-order valence-corrected chi connectivity index (χ3v) is 4.84. The van der Waals surface area contributed by atoms with Gasteiger partial charge in [-0.25, -0.2) is 0 Å². The molecular formula is C15H20N2O3S. The summed E-state index contributed by atoms with van der Waals surface area (Å²) in [7, 11) is 0. The van der Waals surface area contributed by atoms with E-state index in [-0.39, 0.29) is 29.9 Å². The van der Waals surface area contributed by atoms with Crippen LogP contribution in [0.2, 0.25) is 0 Å². The molecule has 6 heteroatoms. The first-order valence-electron chi connectivity index (χ1n) is 7.31. The zero-order valence-corrected chi connectivity index (χ0v) is 13.1. The van der Waals surface area contributed by atoms with Gasteiger partial charge in [0.25, 0.3) is 5.91 Å². The van der Waals surface area contributed by atoms with Crippen LogP contribution >= 0.6 is 11.3 Å². The molecule has 2 atom stereocenters. The fourth-order valence-electron chi connectivity index (χ4n) is 2.97. The SMILES string of the molecule is CC1CN(C(=O)C2CN(C(=O)c3cccs3)C2)CC(C)O1. The van der Waals surface area contributed by atoms with Crippen LogP contribution in [-0.4, -0.2) is 60.0 Å². The number of hydrogen-bond acceptors (Lipinski definition) is 4. The molecule has 0 spiro atoms. The molecule has 1 aromatic rings. The lowest BCUT2D eigenvalue weighted by molar-refractivity contribution is -0.151. The van der Waals surface area contributed by atoms with Crippen LogP contribution in [-0.2, 0) is 9.53 Å². The molecule has 2 aliphatic rings. The lowest BCUT2D eigenvalue weighted by Gasteiger charge is -2.43. The van der Waals surface area contributed by atoms with Gasteiger partial charge in [-0.15, -0.1) is 11.3 Å². The van der Waals surface area contributed by atoms with Crippen LogP contribution in [0.5, 0.6) is 0 Å². The largest absolute Gasteiger partial charge is 0.372 e. The molecule has 0 aromatic carbocycles. The molecule has 2 fully saturated rings. The summed E-state index contributed by atoms with van der Waals surface area (Å²) < 4.78 is 5.65. The van der Waals surface area contributed by atoms with E-state index in [9.17, 15) is 9.59 Å². The van der Waals surface area contributed by atoms with Gasteiger partial charge in [-0.2, -0.15) is 0 Å². The van der Waals surface area contributed by atoms with Gasteiger partial charge in [-0.1, -0.05) is 6.07 Å². The number of nitrogens with zero attached hydrogens (tertiary/aromatic N) is 2. The third kappa shape index (κ3) is 2.96. The molecule has 0 aliphatic carbocycles. The van der Waals surface area contributed by atoms with Crippen LogP contribution in [0, 0.1) is 5.92 Å². The van der Waals surface area contributed by atoms with E-state index in [1.807, 2.05) is 36.3 Å². The van der Waals surface area contributed by atoms with Gasteiger partial charge in [0.1, 0.15) is 0 Å². The highest BCUT2D eigenvalue weighted by molar-refractivity contribution is 7.12. The molecule has 114 valence electrons. The average Bonchev–Trinajstić information content (AvgIpc) is 2.89. The van der Waals surface area contributed by atoms with Crippen molar-refractivity contribution < 1.29 is 14.3 Å². The fourth-order valence-corrected chi connectivity index (χ4v) is 3.66. The Kier molecular flexibility index (Phi) is 3.99. The van der Waals surface area contributed by atoms with E-state index in [1.54, 1.807) is 4.90 Å². The smallest absolute Gasteiger partial charge is 0.263 e. The zero-order chi connectivity index (χ0) is 15.0. The molecule has 21 heavy (non-hydrogen) atoms. The zero-order valence-electron chi connectivity index (χ0n) is 12.3. The minimum Gasteiger partial charge on any atom is -0.372 e. The Labute approximate surface area is 128 Å². The second-order valence-corrected chi connectivity index (χ2v) is 6.83. The first kappa shape index (κ1) is 14.5. The highest BCUT2D eigenvalue weighted by atomic mass is 32.1. The summed E-state index contributed by atoms with van der Waals surface area (Å²) in [5.74, 6) is 0.149. The molecule has 2 amide bonds. The van der Waals surface area contributed by atoms with Crippen LogP contribution in [0.4, 0.5) is 0 Å². The number of carbonyl (C=O) groups is 2. The van der Waals surface area contributed by atoms with Crippen molar-refractivity contribution in [1.29, 1.82) is 0 Å². The van der Waals surface area contributed by atoms with Crippen molar-refractivity contribution in [3.8, 4) is 0 Å². The number of morpholine rings is 1. The van der Waals surface area contributed by atoms with Crippen molar-refractivity contribution in [2.24, 2.45) is 5.92 Å². The Morgan fingerprint density at radius 3 is 2.38 bits per heavy atom. The predicted octanol–water partition coefficient (Wildman–Crippen LogP) is 1.46. The number of carbonyl (C=O) groups excluding carboxylic acids is 2. The van der Waals surface area contributed by atoms with Crippen LogP contribution in [0.3, 0.4) is 0 Å². The Hall–Kier alpha value is -1.40. The van der Waals surface area contributed by atoms with Gasteiger partial charge in [0.05, 0.1) is 23.0 Å². The van der Waals surface area contributed by atoms with Gasteiger partial charge in [0.15, 0.2) is 0 Å². The van der Waals surface area contributed by atoms with Crippen molar-refractivity contribution in [2.75, 3.05) is 26.2 Å². The van der Waals surface area contributed by atoms with Gasteiger partial charge < -0.3 is 14.5 Å². The fraction of sp³-hybridized carbons (Fsp3) is 0.600. The molecule has 3 heterocycles. The van der Waals surface area contributed by atoms with E-state index < -0.39 is 0 Å². The lowest BCUT2D eigenvalue weighted by Crippen LogP contribution is -2.59. The summed E-state index contributed by atoms with van der Waals surface area (Å²) in [5.41, 5.74) is 0. The number of amides is 2. The second kappa shape index (κ2) is 5.77. The van der Waals surface area contributed by atoms with Crippen molar-refractivity contribution >= 4 is 23.2 Å². The summed E-state index contributed by atoms with van der Waals surface area (Å²) in [6.45, 7) is 6.36. The molecule has 0 bridgehead atoms. The maximum absolute atomic E-state index is 12.5. The third-order valence-electron chi connectivity index (χ3n) is 3.98. The highest BCUT2D eigenvalue weighted by Gasteiger charge is 2.39. The molecule has 1 aromatic heterocycles. The molecular weight excluding hydrogens is 288 g/mol. The summed E-state index contributed by atoms with van der Waals surface area (Å²) >= 11 is 1.44. The normalized spacial score (nSPS) is 26.6. The molecule has 5 nitrogen and oxygen atoms in total. The van der Waals surface area contributed by atoms with Crippen LogP contribution in [0.15, 0.2) is 17.5 Å². The molecule has 2 saturated heterocycles. The maximum atomic E-state index is 12.5. The number of thiophene rings is 1. The van der Waals surface area contributed by atoms with Crippen molar-refractivity contribution in [1.82, 2.24) is 9.80 Å². The lowest BCUT2D eigenvalue weighted by atomic mass is 9.97. The second-order valence-electron chi connectivity index (χ2n) is 5.88. The summed E-state index contributed by atoms with van der Waals surface area (Å²) in [5, 5.41) is 1.90. The first-order valence-corrected chi connectivity index (χ1v) is 8.19. The van der Waals surface area contributed by atoms with Crippen LogP contribution in [0.25, 0.3) is 0 Å². The molecule has 0 N–H and O–H groups in total. The summed E-state index contributed by atoms with van der Waals surface area (Å²) in [6.07, 6.45) is 0.170. The van der Waals surface area contributed by atoms with E-state index >= 15 is 0 Å². The van der Waals surface area contributed by atoms with E-state index in [0.717, 1.165) is 4.88 Å². The molecule has 2 unspecified atom stereocenters. The topological polar surface area (TPSA) is 49.9 Å². The quantitative estimate of drug-likeness (QED) is 0.831.